The number of imide groups is 1. The van der Waals surface area contributed by atoms with Gasteiger partial charge in [0.15, 0.2) is 0 Å². The van der Waals surface area contributed by atoms with Gasteiger partial charge in [0.2, 0.25) is 0 Å². The van der Waals surface area contributed by atoms with Crippen molar-refractivity contribution in [2.24, 2.45) is 5.84 Å². The average Bonchev–Trinajstić information content (AvgIpc) is 2.59. The fourth-order valence-electron chi connectivity index (χ4n) is 1.78. The molecule has 1 aliphatic heterocycles. The standard InChI is InChI=1S/C11H17N3O4/c1-13(12)7-3-2-4-8(11(17)18)14-9(15)5-6-10(14)16/h5-6,8H,2-4,7,12H2,1H3,(H,17,18). The Bertz CT molecular complexity index is 360. The first-order valence-electron chi connectivity index (χ1n) is 5.67. The number of nitrogens with two attached hydrogens (primary N) is 1. The summed E-state index contributed by atoms with van der Waals surface area (Å²) in [6.07, 6.45) is 3.70. The lowest BCUT2D eigenvalue weighted by Gasteiger charge is -2.22. The summed E-state index contributed by atoms with van der Waals surface area (Å²) in [5, 5.41) is 10.6. The number of carboxylic acid groups (broad SMARTS) is 1. The molecule has 0 aromatic heterocycles. The molecule has 0 aromatic rings. The molecule has 0 aromatic carbocycles. The van der Waals surface area contributed by atoms with Gasteiger partial charge in [-0.15, -0.1) is 0 Å². The number of hydrazine groups is 1. The fraction of sp³-hybridized carbons (Fsp3) is 0.545. The summed E-state index contributed by atoms with van der Waals surface area (Å²) in [4.78, 5) is 34.7. The van der Waals surface area contributed by atoms with E-state index < -0.39 is 23.8 Å². The van der Waals surface area contributed by atoms with E-state index in [0.717, 1.165) is 17.1 Å². The van der Waals surface area contributed by atoms with Gasteiger partial charge in [-0.3, -0.25) is 25.3 Å². The Morgan fingerprint density at radius 2 is 1.94 bits per heavy atom. The van der Waals surface area contributed by atoms with E-state index in [4.69, 9.17) is 10.9 Å². The number of hydrogen-bond donors (Lipinski definition) is 2. The van der Waals surface area contributed by atoms with Gasteiger partial charge in [-0.1, -0.05) is 0 Å². The van der Waals surface area contributed by atoms with Gasteiger partial charge in [0, 0.05) is 25.7 Å². The van der Waals surface area contributed by atoms with Gasteiger partial charge in [0.1, 0.15) is 6.04 Å². The van der Waals surface area contributed by atoms with Gasteiger partial charge in [-0.05, 0) is 19.3 Å². The summed E-state index contributed by atoms with van der Waals surface area (Å²) in [7, 11) is 1.71. The molecule has 0 saturated carbocycles. The zero-order valence-electron chi connectivity index (χ0n) is 10.2. The Labute approximate surface area is 105 Å². The molecule has 2 amide bonds. The van der Waals surface area contributed by atoms with E-state index in [-0.39, 0.29) is 6.42 Å². The molecule has 1 aliphatic rings. The van der Waals surface area contributed by atoms with Crippen molar-refractivity contribution < 1.29 is 19.5 Å². The van der Waals surface area contributed by atoms with Crippen molar-refractivity contribution in [3.63, 3.8) is 0 Å². The molecule has 0 bridgehead atoms. The predicted octanol–water partition coefficient (Wildman–Crippen LogP) is -0.660. The number of unbranched alkanes of at least 4 members (excludes halogenated alkanes) is 1. The maximum absolute atomic E-state index is 11.4. The molecule has 7 nitrogen and oxygen atoms in total. The average molecular weight is 255 g/mol. The van der Waals surface area contributed by atoms with Gasteiger partial charge in [0.25, 0.3) is 11.8 Å². The lowest BCUT2D eigenvalue weighted by Crippen LogP contribution is -2.45. The molecule has 7 heteroatoms. The van der Waals surface area contributed by atoms with E-state index >= 15 is 0 Å². The molecule has 0 saturated heterocycles. The van der Waals surface area contributed by atoms with Crippen LogP contribution in [0.3, 0.4) is 0 Å². The second-order valence-corrected chi connectivity index (χ2v) is 4.21. The highest BCUT2D eigenvalue weighted by atomic mass is 16.4. The lowest BCUT2D eigenvalue weighted by atomic mass is 10.1. The molecular formula is C11H17N3O4. The molecule has 18 heavy (non-hydrogen) atoms. The molecule has 1 atom stereocenters. The van der Waals surface area contributed by atoms with Crippen LogP contribution in [-0.4, -0.2) is 52.4 Å². The first-order chi connectivity index (χ1) is 8.43. The summed E-state index contributed by atoms with van der Waals surface area (Å²) in [5.74, 6) is 3.13. The van der Waals surface area contributed by atoms with Gasteiger partial charge < -0.3 is 5.11 Å². The van der Waals surface area contributed by atoms with E-state index in [1.807, 2.05) is 0 Å². The Morgan fingerprint density at radius 3 is 2.39 bits per heavy atom. The van der Waals surface area contributed by atoms with E-state index in [1.54, 1.807) is 7.05 Å². The molecular weight excluding hydrogens is 238 g/mol. The molecule has 1 heterocycles. The van der Waals surface area contributed by atoms with Crippen molar-refractivity contribution in [1.82, 2.24) is 9.91 Å². The van der Waals surface area contributed by atoms with E-state index in [2.05, 4.69) is 0 Å². The minimum Gasteiger partial charge on any atom is -0.480 e. The van der Waals surface area contributed by atoms with Crippen LogP contribution in [0, 0.1) is 0 Å². The van der Waals surface area contributed by atoms with Crippen LogP contribution in [0.15, 0.2) is 12.2 Å². The highest BCUT2D eigenvalue weighted by Gasteiger charge is 2.35. The molecule has 1 rings (SSSR count). The zero-order chi connectivity index (χ0) is 13.7. The van der Waals surface area contributed by atoms with Gasteiger partial charge in [-0.2, -0.15) is 0 Å². The minimum absolute atomic E-state index is 0.238. The van der Waals surface area contributed by atoms with Crippen LogP contribution in [-0.2, 0) is 14.4 Å². The molecule has 100 valence electrons. The highest BCUT2D eigenvalue weighted by Crippen LogP contribution is 2.15. The van der Waals surface area contributed by atoms with Crippen molar-refractivity contribution in [2.45, 2.75) is 25.3 Å². The first kappa shape index (κ1) is 14.3. The first-order valence-corrected chi connectivity index (χ1v) is 5.67. The second kappa shape index (κ2) is 6.27. The van der Waals surface area contributed by atoms with Crippen molar-refractivity contribution >= 4 is 17.8 Å². The number of aliphatic carboxylic acids is 1. The van der Waals surface area contributed by atoms with Crippen LogP contribution in [0.5, 0.6) is 0 Å². The topological polar surface area (TPSA) is 104 Å². The van der Waals surface area contributed by atoms with Gasteiger partial charge >= 0.3 is 5.97 Å². The maximum Gasteiger partial charge on any atom is 0.326 e. The quantitative estimate of drug-likeness (QED) is 0.271. The van der Waals surface area contributed by atoms with Crippen LogP contribution in [0.25, 0.3) is 0 Å². The van der Waals surface area contributed by atoms with Crippen LogP contribution >= 0.6 is 0 Å². The summed E-state index contributed by atoms with van der Waals surface area (Å²) >= 11 is 0. The number of carboxylic acids is 1. The summed E-state index contributed by atoms with van der Waals surface area (Å²) < 4.78 is 0. The van der Waals surface area contributed by atoms with Crippen molar-refractivity contribution in [3.05, 3.63) is 12.2 Å². The smallest absolute Gasteiger partial charge is 0.326 e. The van der Waals surface area contributed by atoms with Crippen molar-refractivity contribution in [3.8, 4) is 0 Å². The SMILES string of the molecule is CN(N)CCCCC(C(=O)O)N1C(=O)C=CC1=O. The summed E-state index contributed by atoms with van der Waals surface area (Å²) in [5.41, 5.74) is 0. The van der Waals surface area contributed by atoms with Crippen LogP contribution in [0.1, 0.15) is 19.3 Å². The third kappa shape index (κ3) is 3.64. The zero-order valence-corrected chi connectivity index (χ0v) is 10.2. The monoisotopic (exact) mass is 255 g/mol. The van der Waals surface area contributed by atoms with E-state index in [0.29, 0.717) is 19.4 Å². The van der Waals surface area contributed by atoms with Gasteiger partial charge in [-0.25, -0.2) is 4.79 Å². The van der Waals surface area contributed by atoms with E-state index in [1.165, 1.54) is 5.01 Å². The molecule has 0 aliphatic carbocycles. The Balaban J connectivity index is 2.53. The summed E-state index contributed by atoms with van der Waals surface area (Å²) in [6.45, 7) is 0.631. The number of nitrogens with zero attached hydrogens (tertiary/aromatic N) is 2. The Kier molecular flexibility index (Phi) is 4.99. The van der Waals surface area contributed by atoms with Crippen molar-refractivity contribution in [1.29, 1.82) is 0 Å². The Morgan fingerprint density at radius 1 is 1.39 bits per heavy atom. The number of rotatable bonds is 7. The number of carbonyl (C=O) groups excluding carboxylic acids is 2. The number of amides is 2. The molecule has 0 radical (unpaired) electrons. The van der Waals surface area contributed by atoms with Crippen LogP contribution in [0.4, 0.5) is 0 Å². The van der Waals surface area contributed by atoms with E-state index in [9.17, 15) is 14.4 Å². The third-order valence-corrected chi connectivity index (χ3v) is 2.68. The molecule has 3 N–H and O–H groups in total. The number of hydrogen-bond acceptors (Lipinski definition) is 5. The minimum atomic E-state index is -1.17. The molecule has 0 spiro atoms. The normalized spacial score (nSPS) is 16.7. The second-order valence-electron chi connectivity index (χ2n) is 4.21. The fourth-order valence-corrected chi connectivity index (χ4v) is 1.78. The largest absolute Gasteiger partial charge is 0.480 e. The van der Waals surface area contributed by atoms with Gasteiger partial charge in [0.05, 0.1) is 0 Å². The van der Waals surface area contributed by atoms with Crippen LogP contribution in [0.2, 0.25) is 0 Å². The lowest BCUT2D eigenvalue weighted by molar-refractivity contribution is -0.153. The Hall–Kier alpha value is -1.73. The van der Waals surface area contributed by atoms with Crippen molar-refractivity contribution in [2.75, 3.05) is 13.6 Å². The molecule has 0 fully saturated rings. The molecule has 1 unspecified atom stereocenters. The third-order valence-electron chi connectivity index (χ3n) is 2.68. The van der Waals surface area contributed by atoms with Crippen LogP contribution < -0.4 is 5.84 Å². The highest BCUT2D eigenvalue weighted by molar-refractivity contribution is 6.14. The summed E-state index contributed by atoms with van der Waals surface area (Å²) in [6, 6.07) is -1.09. The maximum atomic E-state index is 11.4. The number of carbonyl (C=O) groups is 3. The predicted molar refractivity (Wildman–Crippen MR) is 63.1 cm³/mol.